The molecule has 8 nitrogen and oxygen atoms in total. The highest BCUT2D eigenvalue weighted by atomic mass is 16.3. The van der Waals surface area contributed by atoms with Crippen LogP contribution in [-0.4, -0.2) is 37.3 Å². The number of hydrogen-bond acceptors (Lipinski definition) is 6. The van der Waals surface area contributed by atoms with Crippen molar-refractivity contribution in [3.8, 4) is 5.75 Å². The maximum absolute atomic E-state index is 11.8. The van der Waals surface area contributed by atoms with Gasteiger partial charge in [-0.25, -0.2) is 4.98 Å². The van der Waals surface area contributed by atoms with E-state index in [1.807, 2.05) is 29.7 Å². The number of benzene rings is 2. The molecule has 0 bridgehead atoms. The minimum atomic E-state index is -0.222. The number of aryl methyl sites for hydroxylation is 3. The van der Waals surface area contributed by atoms with Crippen LogP contribution >= 0.6 is 0 Å². The van der Waals surface area contributed by atoms with Crippen LogP contribution in [0.2, 0.25) is 0 Å². The van der Waals surface area contributed by atoms with Gasteiger partial charge in [0.25, 0.3) is 0 Å². The number of nitrogens with one attached hydrogen (secondary N) is 2. The third-order valence-electron chi connectivity index (χ3n) is 5.85. The number of aromatic nitrogens is 3. The minimum absolute atomic E-state index is 0.0962. The molecule has 0 aliphatic rings. The molecular formula is C27H31N5O3. The summed E-state index contributed by atoms with van der Waals surface area (Å²) in [4.78, 5) is 20.9. The van der Waals surface area contributed by atoms with Crippen LogP contribution in [0.3, 0.4) is 0 Å². The first-order chi connectivity index (χ1) is 16.8. The summed E-state index contributed by atoms with van der Waals surface area (Å²) in [5.74, 6) is 0.281. The molecule has 2 heterocycles. The molecule has 0 unspecified atom stereocenters. The molecule has 0 fully saturated rings. The number of fused-ring (bicyclic) bond motifs is 1. The topological polar surface area (TPSA) is 112 Å². The lowest BCUT2D eigenvalue weighted by atomic mass is 10.0. The molecule has 2 aromatic heterocycles. The molecule has 0 saturated carbocycles. The molecule has 4 N–H and O–H groups in total. The molecule has 0 aliphatic heterocycles. The van der Waals surface area contributed by atoms with E-state index in [0.717, 1.165) is 34.4 Å². The van der Waals surface area contributed by atoms with Crippen LogP contribution in [0.25, 0.3) is 11.0 Å². The summed E-state index contributed by atoms with van der Waals surface area (Å²) in [6.45, 7) is 6.39. The van der Waals surface area contributed by atoms with E-state index >= 15 is 0 Å². The van der Waals surface area contributed by atoms with Gasteiger partial charge in [0.2, 0.25) is 11.9 Å². The molecule has 0 atom stereocenters. The third-order valence-corrected chi connectivity index (χ3v) is 5.85. The van der Waals surface area contributed by atoms with E-state index in [1.165, 1.54) is 18.1 Å². The second kappa shape index (κ2) is 10.6. The van der Waals surface area contributed by atoms with E-state index in [1.54, 1.807) is 12.1 Å². The summed E-state index contributed by atoms with van der Waals surface area (Å²) in [6, 6.07) is 15.7. The lowest BCUT2D eigenvalue weighted by Gasteiger charge is -2.14. The van der Waals surface area contributed by atoms with E-state index < -0.39 is 0 Å². The van der Waals surface area contributed by atoms with E-state index in [2.05, 4.69) is 45.7 Å². The average molecular weight is 474 g/mol. The Bertz CT molecular complexity index is 1360. The van der Waals surface area contributed by atoms with Gasteiger partial charge in [-0.15, -0.1) is 0 Å². The number of carbonyl (C=O) groups excluding carboxylic acids is 1. The van der Waals surface area contributed by atoms with E-state index in [4.69, 9.17) is 0 Å². The highest BCUT2D eigenvalue weighted by molar-refractivity contribution is 5.90. The van der Waals surface area contributed by atoms with Crippen LogP contribution in [0, 0.1) is 13.8 Å². The Morgan fingerprint density at radius 2 is 1.89 bits per heavy atom. The van der Waals surface area contributed by atoms with Crippen LogP contribution in [-0.2, 0) is 24.3 Å². The Balaban J connectivity index is 1.66. The van der Waals surface area contributed by atoms with Crippen molar-refractivity contribution >= 4 is 28.6 Å². The third kappa shape index (κ3) is 5.78. The number of imidazole rings is 1. The predicted octanol–water partition coefficient (Wildman–Crippen LogP) is 4.30. The number of anilines is 2. The molecule has 0 spiro atoms. The summed E-state index contributed by atoms with van der Waals surface area (Å²) in [5.41, 5.74) is 7.31. The predicted molar refractivity (Wildman–Crippen MR) is 138 cm³/mol. The monoisotopic (exact) mass is 473 g/mol. The zero-order valence-corrected chi connectivity index (χ0v) is 20.3. The van der Waals surface area contributed by atoms with Gasteiger partial charge in [-0.05, 0) is 73.7 Å². The Hall–Kier alpha value is -3.91. The molecule has 0 aliphatic carbocycles. The maximum Gasteiger partial charge on any atom is 0.223 e. The van der Waals surface area contributed by atoms with Crippen molar-refractivity contribution in [1.82, 2.24) is 14.5 Å². The van der Waals surface area contributed by atoms with Crippen molar-refractivity contribution in [2.45, 2.75) is 46.7 Å². The number of aliphatic hydroxyl groups is 1. The Morgan fingerprint density at radius 1 is 1.06 bits per heavy atom. The van der Waals surface area contributed by atoms with Gasteiger partial charge in [-0.2, -0.15) is 0 Å². The summed E-state index contributed by atoms with van der Waals surface area (Å²) >= 11 is 0. The Kier molecular flexibility index (Phi) is 7.31. The van der Waals surface area contributed by atoms with Crippen LogP contribution in [0.15, 0.2) is 48.5 Å². The second-order valence-corrected chi connectivity index (χ2v) is 8.79. The van der Waals surface area contributed by atoms with Gasteiger partial charge < -0.3 is 20.1 Å². The molecule has 35 heavy (non-hydrogen) atoms. The Morgan fingerprint density at radius 3 is 2.66 bits per heavy atom. The van der Waals surface area contributed by atoms with E-state index in [0.29, 0.717) is 24.6 Å². The van der Waals surface area contributed by atoms with Crippen LogP contribution in [0.5, 0.6) is 5.75 Å². The highest BCUT2D eigenvalue weighted by Crippen LogP contribution is 2.26. The minimum Gasteiger partial charge on any atom is -0.506 e. The van der Waals surface area contributed by atoms with Crippen molar-refractivity contribution < 1.29 is 15.0 Å². The SMILES string of the molecule is CC(=O)Nc1nc2ccc(CNc3cc(C)ccc3CCCO)cc2n1Cc1nc(C)ccc1O. The van der Waals surface area contributed by atoms with Gasteiger partial charge >= 0.3 is 0 Å². The molecule has 0 radical (unpaired) electrons. The largest absolute Gasteiger partial charge is 0.506 e. The van der Waals surface area contributed by atoms with Crippen molar-refractivity contribution in [2.75, 3.05) is 17.2 Å². The van der Waals surface area contributed by atoms with Crippen molar-refractivity contribution in [2.24, 2.45) is 0 Å². The normalized spacial score (nSPS) is 11.1. The number of hydrogen-bond donors (Lipinski definition) is 4. The summed E-state index contributed by atoms with van der Waals surface area (Å²) < 4.78 is 1.86. The smallest absolute Gasteiger partial charge is 0.223 e. The number of aliphatic hydroxyl groups excluding tert-OH is 1. The van der Waals surface area contributed by atoms with Crippen LogP contribution < -0.4 is 10.6 Å². The van der Waals surface area contributed by atoms with E-state index in [9.17, 15) is 15.0 Å². The van der Waals surface area contributed by atoms with Gasteiger partial charge in [0.15, 0.2) is 0 Å². The maximum atomic E-state index is 11.8. The lowest BCUT2D eigenvalue weighted by molar-refractivity contribution is -0.114. The summed E-state index contributed by atoms with van der Waals surface area (Å²) in [5, 5.41) is 25.9. The molecule has 0 saturated heterocycles. The molecule has 4 aromatic rings. The first kappa shape index (κ1) is 24.2. The van der Waals surface area contributed by atoms with Gasteiger partial charge in [-0.1, -0.05) is 18.2 Å². The lowest BCUT2D eigenvalue weighted by Crippen LogP contribution is -2.13. The number of pyridine rings is 1. The molecule has 2 aromatic carbocycles. The van der Waals surface area contributed by atoms with Gasteiger partial charge in [0.05, 0.1) is 17.6 Å². The number of nitrogens with zero attached hydrogens (tertiary/aromatic N) is 3. The number of carbonyl (C=O) groups is 1. The second-order valence-electron chi connectivity index (χ2n) is 8.79. The quantitative estimate of drug-likeness (QED) is 0.288. The zero-order valence-electron chi connectivity index (χ0n) is 20.3. The molecule has 8 heteroatoms. The van der Waals surface area contributed by atoms with Crippen molar-refractivity contribution in [3.05, 3.63) is 76.6 Å². The molecule has 1 amide bonds. The fourth-order valence-electron chi connectivity index (χ4n) is 4.10. The van der Waals surface area contributed by atoms with E-state index in [-0.39, 0.29) is 24.8 Å². The number of aromatic hydroxyl groups is 1. The zero-order chi connectivity index (χ0) is 24.9. The standard InChI is InChI=1S/C27H31N5O3/c1-17-6-9-21(5-4-12-33)23(13-17)28-15-20-8-10-22-25(14-20)32(27(31-22)30-19(3)34)16-24-26(35)11-7-18(2)29-24/h6-11,13-14,28,33,35H,4-5,12,15-16H2,1-3H3,(H,30,31,34). The fraction of sp³-hybridized carbons (Fsp3) is 0.296. The van der Waals surface area contributed by atoms with Gasteiger partial charge in [0.1, 0.15) is 11.4 Å². The molecule has 4 rings (SSSR count). The number of rotatable bonds is 9. The number of amides is 1. The summed E-state index contributed by atoms with van der Waals surface area (Å²) in [7, 11) is 0. The van der Waals surface area contributed by atoms with Gasteiger partial charge in [-0.3, -0.25) is 15.1 Å². The van der Waals surface area contributed by atoms with Crippen molar-refractivity contribution in [1.29, 1.82) is 0 Å². The average Bonchev–Trinajstić information content (AvgIpc) is 3.15. The van der Waals surface area contributed by atoms with Crippen molar-refractivity contribution in [3.63, 3.8) is 0 Å². The van der Waals surface area contributed by atoms with Crippen LogP contribution in [0.4, 0.5) is 11.6 Å². The summed E-state index contributed by atoms with van der Waals surface area (Å²) in [6.07, 6.45) is 1.52. The van der Waals surface area contributed by atoms with Crippen LogP contribution in [0.1, 0.15) is 41.4 Å². The Labute approximate surface area is 204 Å². The molecular weight excluding hydrogens is 442 g/mol. The van der Waals surface area contributed by atoms with Gasteiger partial charge in [0, 0.05) is 31.5 Å². The first-order valence-corrected chi connectivity index (χ1v) is 11.7. The highest BCUT2D eigenvalue weighted by Gasteiger charge is 2.15. The molecule has 182 valence electrons. The fourth-order valence-corrected chi connectivity index (χ4v) is 4.10. The first-order valence-electron chi connectivity index (χ1n) is 11.7.